The van der Waals surface area contributed by atoms with Gasteiger partial charge in [-0.25, -0.2) is 0 Å². The van der Waals surface area contributed by atoms with Crippen LogP contribution in [0, 0.1) is 0 Å². The quantitative estimate of drug-likeness (QED) is 0.334. The van der Waals surface area contributed by atoms with Crippen molar-refractivity contribution in [1.29, 1.82) is 0 Å². The Hall–Kier alpha value is -3.11. The third-order valence-electron chi connectivity index (χ3n) is 7.19. The molecule has 0 fully saturated rings. The van der Waals surface area contributed by atoms with Crippen LogP contribution in [0.4, 0.5) is 0 Å². The van der Waals surface area contributed by atoms with Crippen LogP contribution in [0.5, 0.6) is 11.5 Å². The van der Waals surface area contributed by atoms with E-state index in [2.05, 4.69) is 5.32 Å². The second-order valence-electron chi connectivity index (χ2n) is 9.77. The molecule has 0 spiro atoms. The number of rotatable bonds is 11. The van der Waals surface area contributed by atoms with Crippen molar-refractivity contribution in [3.63, 3.8) is 0 Å². The molecule has 0 aromatic heterocycles. The molecular formula is C29H35ClN2O7. The van der Waals surface area contributed by atoms with E-state index in [0.717, 1.165) is 12.0 Å². The predicted molar refractivity (Wildman–Crippen MR) is 146 cm³/mol. The first-order chi connectivity index (χ1) is 18.8. The molecule has 2 aliphatic rings. The largest absolute Gasteiger partial charge is 0.493 e. The summed E-state index contributed by atoms with van der Waals surface area (Å²) in [5.41, 5.74) is 2.31. The van der Waals surface area contributed by atoms with Gasteiger partial charge in [0.25, 0.3) is 0 Å². The number of nitrogens with one attached hydrogen (secondary N) is 1. The molecule has 4 atom stereocenters. The summed E-state index contributed by atoms with van der Waals surface area (Å²) in [7, 11) is 1.48. The molecule has 2 aromatic rings. The molecule has 2 aromatic carbocycles. The number of nitrogens with zero attached hydrogens (tertiary/aromatic N) is 1. The molecule has 0 saturated carbocycles. The van der Waals surface area contributed by atoms with Crippen molar-refractivity contribution >= 4 is 23.4 Å². The van der Waals surface area contributed by atoms with E-state index in [4.69, 9.17) is 21.1 Å². The fourth-order valence-electron chi connectivity index (χ4n) is 5.24. The number of unbranched alkanes of at least 4 members (excludes halogenated alkanes) is 1. The number of methoxy groups -OCH3 is 1. The smallest absolute Gasteiger partial charge is 0.247 e. The molecule has 10 heteroatoms. The highest BCUT2D eigenvalue weighted by Crippen LogP contribution is 2.51. The van der Waals surface area contributed by atoms with Crippen molar-refractivity contribution in [3.05, 3.63) is 69.8 Å². The van der Waals surface area contributed by atoms with Gasteiger partial charge in [-0.15, -0.1) is 0 Å². The Bertz CT molecular complexity index is 1220. The number of hydrogen-bond acceptors (Lipinski definition) is 7. The number of halogens is 1. The third kappa shape index (κ3) is 6.06. The second kappa shape index (κ2) is 12.8. The molecule has 1 heterocycles. The van der Waals surface area contributed by atoms with Gasteiger partial charge in [0.2, 0.25) is 11.8 Å². The molecule has 4 N–H and O–H groups in total. The zero-order valence-corrected chi connectivity index (χ0v) is 22.9. The molecule has 0 saturated heterocycles. The standard InChI is InChI=1S/C29H35ClN2O7/c1-3-4-5-24(35)32(15-17-6-8-19(30)9-7-17)22-14-21(29(37)31-10-11-33)25-20-12-18(16-34)13-23(38-2)27(20)39-28(25)26(22)36/h6-9,12-14,22,25-26,28,33-34,36H,3-5,10-11,15-16H2,1-2H3,(H,31,37). The van der Waals surface area contributed by atoms with Crippen LogP contribution in [0.3, 0.4) is 0 Å². The first-order valence-electron chi connectivity index (χ1n) is 13.1. The number of benzene rings is 2. The Morgan fingerprint density at radius 3 is 2.54 bits per heavy atom. The summed E-state index contributed by atoms with van der Waals surface area (Å²) < 4.78 is 11.8. The van der Waals surface area contributed by atoms with Crippen molar-refractivity contribution < 1.29 is 34.4 Å². The van der Waals surface area contributed by atoms with Crippen molar-refractivity contribution in [2.45, 2.75) is 63.5 Å². The highest BCUT2D eigenvalue weighted by Gasteiger charge is 2.51. The summed E-state index contributed by atoms with van der Waals surface area (Å²) in [5.74, 6) is -0.508. The van der Waals surface area contributed by atoms with E-state index in [-0.39, 0.29) is 38.6 Å². The van der Waals surface area contributed by atoms with Crippen LogP contribution in [-0.4, -0.2) is 70.5 Å². The number of aliphatic hydroxyl groups is 3. The number of carbonyl (C=O) groups excluding carboxylic acids is 2. The summed E-state index contributed by atoms with van der Waals surface area (Å²) in [5, 5.41) is 34.1. The minimum absolute atomic E-state index is 0.0401. The Kier molecular flexibility index (Phi) is 9.50. The second-order valence-corrected chi connectivity index (χ2v) is 10.2. The van der Waals surface area contributed by atoms with Crippen LogP contribution in [0.1, 0.15) is 48.8 Å². The van der Waals surface area contributed by atoms with Gasteiger partial charge in [0, 0.05) is 35.7 Å². The van der Waals surface area contributed by atoms with Gasteiger partial charge >= 0.3 is 0 Å². The van der Waals surface area contributed by atoms with E-state index in [1.165, 1.54) is 7.11 Å². The normalized spacial score (nSPS) is 21.3. The van der Waals surface area contributed by atoms with Crippen LogP contribution in [-0.2, 0) is 22.7 Å². The molecule has 4 rings (SSSR count). The van der Waals surface area contributed by atoms with E-state index >= 15 is 0 Å². The lowest BCUT2D eigenvalue weighted by molar-refractivity contribution is -0.138. The molecule has 210 valence electrons. The highest BCUT2D eigenvalue weighted by atomic mass is 35.5. The summed E-state index contributed by atoms with van der Waals surface area (Å²) in [6.45, 7) is 1.75. The van der Waals surface area contributed by atoms with E-state index < -0.39 is 30.1 Å². The number of ether oxygens (including phenoxy) is 2. The summed E-state index contributed by atoms with van der Waals surface area (Å²) in [6.07, 6.45) is 1.37. The summed E-state index contributed by atoms with van der Waals surface area (Å²) in [6, 6.07) is 9.65. The predicted octanol–water partition coefficient (Wildman–Crippen LogP) is 2.68. The van der Waals surface area contributed by atoms with E-state index in [1.54, 1.807) is 35.2 Å². The summed E-state index contributed by atoms with van der Waals surface area (Å²) in [4.78, 5) is 28.5. The Balaban J connectivity index is 1.80. The number of carbonyl (C=O) groups is 2. The van der Waals surface area contributed by atoms with Crippen molar-refractivity contribution in [2.24, 2.45) is 0 Å². The van der Waals surface area contributed by atoms with Gasteiger partial charge < -0.3 is 35.0 Å². The van der Waals surface area contributed by atoms with Crippen molar-refractivity contribution in [1.82, 2.24) is 10.2 Å². The fraction of sp³-hybridized carbons (Fsp3) is 0.448. The minimum atomic E-state index is -1.17. The van der Waals surface area contributed by atoms with Crippen LogP contribution in [0.25, 0.3) is 0 Å². The average molecular weight is 559 g/mol. The first-order valence-corrected chi connectivity index (χ1v) is 13.5. The van der Waals surface area contributed by atoms with Gasteiger partial charge in [0.1, 0.15) is 12.2 Å². The number of fused-ring (bicyclic) bond motifs is 3. The number of hydrogen-bond donors (Lipinski definition) is 4. The van der Waals surface area contributed by atoms with E-state index in [9.17, 15) is 24.9 Å². The lowest BCUT2D eigenvalue weighted by Crippen LogP contribution is -2.55. The van der Waals surface area contributed by atoms with Gasteiger partial charge in [0.15, 0.2) is 11.5 Å². The molecular weight excluding hydrogens is 524 g/mol. The molecule has 0 bridgehead atoms. The van der Waals surface area contributed by atoms with E-state index in [0.29, 0.717) is 39.6 Å². The average Bonchev–Trinajstić information content (AvgIpc) is 3.34. The van der Waals surface area contributed by atoms with Gasteiger partial charge in [-0.3, -0.25) is 9.59 Å². The monoisotopic (exact) mass is 558 g/mol. The molecule has 1 aliphatic carbocycles. The van der Waals surface area contributed by atoms with Crippen LogP contribution < -0.4 is 14.8 Å². The zero-order valence-electron chi connectivity index (χ0n) is 22.1. The number of amides is 2. The maximum Gasteiger partial charge on any atom is 0.247 e. The third-order valence-corrected chi connectivity index (χ3v) is 7.44. The van der Waals surface area contributed by atoms with E-state index in [1.807, 2.05) is 19.1 Å². The van der Waals surface area contributed by atoms with Crippen LogP contribution in [0.2, 0.25) is 5.02 Å². The van der Waals surface area contributed by atoms with Gasteiger partial charge in [0.05, 0.1) is 32.3 Å². The van der Waals surface area contributed by atoms with Gasteiger partial charge in [-0.2, -0.15) is 0 Å². The summed E-state index contributed by atoms with van der Waals surface area (Å²) >= 11 is 6.06. The first kappa shape index (κ1) is 28.9. The lowest BCUT2D eigenvalue weighted by atomic mass is 9.77. The minimum Gasteiger partial charge on any atom is -0.493 e. The molecule has 1 aliphatic heterocycles. The SMILES string of the molecule is CCCCC(=O)N(Cc1ccc(Cl)cc1)C1C=C(C(=O)NCCO)C2c3cc(CO)cc(OC)c3OC2C1O. The van der Waals surface area contributed by atoms with Crippen LogP contribution in [0.15, 0.2) is 48.0 Å². The van der Waals surface area contributed by atoms with Crippen molar-refractivity contribution in [2.75, 3.05) is 20.3 Å². The Morgan fingerprint density at radius 1 is 1.15 bits per heavy atom. The van der Waals surface area contributed by atoms with Gasteiger partial charge in [-0.1, -0.05) is 37.1 Å². The Morgan fingerprint density at radius 2 is 1.90 bits per heavy atom. The number of aliphatic hydroxyl groups excluding tert-OH is 3. The fourth-order valence-corrected chi connectivity index (χ4v) is 5.36. The molecule has 9 nitrogen and oxygen atoms in total. The topological polar surface area (TPSA) is 129 Å². The molecule has 0 radical (unpaired) electrons. The van der Waals surface area contributed by atoms with Gasteiger partial charge in [-0.05, 0) is 47.9 Å². The molecule has 2 amide bonds. The van der Waals surface area contributed by atoms with Crippen LogP contribution >= 0.6 is 11.6 Å². The highest BCUT2D eigenvalue weighted by molar-refractivity contribution is 6.30. The lowest BCUT2D eigenvalue weighted by Gasteiger charge is -2.41. The molecule has 39 heavy (non-hydrogen) atoms. The molecule has 4 unspecified atom stereocenters. The maximum absolute atomic E-state index is 13.5. The maximum atomic E-state index is 13.5. The Labute approximate surface area is 233 Å². The van der Waals surface area contributed by atoms with Crippen molar-refractivity contribution in [3.8, 4) is 11.5 Å². The zero-order chi connectivity index (χ0) is 28.1.